The maximum atomic E-state index is 12.3. The minimum Gasteiger partial charge on any atom is -0.463 e. The molecule has 2 amide bonds. The molecule has 118 valence electrons. The van der Waals surface area contributed by atoms with Crippen LogP contribution < -0.4 is 11.1 Å². The highest BCUT2D eigenvalue weighted by molar-refractivity contribution is 5.95. The third-order valence-electron chi connectivity index (χ3n) is 3.68. The molecule has 1 atom stereocenters. The molecule has 0 aliphatic carbocycles. The van der Waals surface area contributed by atoms with Gasteiger partial charge in [0.15, 0.2) is 0 Å². The molecule has 0 spiro atoms. The second kappa shape index (κ2) is 6.51. The SMILES string of the molecule is CCOC(=O)C1=C(C)N(CC)C(=O)NC1c1ccc(N)cc1. The van der Waals surface area contributed by atoms with E-state index in [1.165, 1.54) is 4.90 Å². The summed E-state index contributed by atoms with van der Waals surface area (Å²) in [5.41, 5.74) is 8.18. The van der Waals surface area contributed by atoms with Crippen molar-refractivity contribution in [2.24, 2.45) is 0 Å². The molecule has 0 radical (unpaired) electrons. The van der Waals surface area contributed by atoms with Crippen LogP contribution in [0, 0.1) is 0 Å². The standard InChI is InChI=1S/C16H21N3O3/c1-4-19-10(3)13(15(20)22-5-2)14(18-16(19)21)11-6-8-12(17)9-7-11/h6-9,14H,4-5,17H2,1-3H3,(H,18,21). The van der Waals surface area contributed by atoms with Crippen LogP contribution in [0.1, 0.15) is 32.4 Å². The number of rotatable bonds is 4. The fraction of sp³-hybridized carbons (Fsp3) is 0.375. The Balaban J connectivity index is 2.50. The second-order valence-corrected chi connectivity index (χ2v) is 5.01. The summed E-state index contributed by atoms with van der Waals surface area (Å²) >= 11 is 0. The second-order valence-electron chi connectivity index (χ2n) is 5.01. The molecule has 1 aromatic rings. The molecule has 6 nitrogen and oxygen atoms in total. The zero-order valence-corrected chi connectivity index (χ0v) is 13.1. The Labute approximate surface area is 129 Å². The average Bonchev–Trinajstić information content (AvgIpc) is 2.48. The minimum absolute atomic E-state index is 0.227. The van der Waals surface area contributed by atoms with Gasteiger partial charge >= 0.3 is 12.0 Å². The van der Waals surface area contributed by atoms with Crippen LogP contribution in [0.25, 0.3) is 0 Å². The average molecular weight is 303 g/mol. The number of nitrogens with zero attached hydrogens (tertiary/aromatic N) is 1. The number of urea groups is 1. The van der Waals surface area contributed by atoms with Crippen molar-refractivity contribution >= 4 is 17.7 Å². The number of nitrogens with one attached hydrogen (secondary N) is 1. The summed E-state index contributed by atoms with van der Waals surface area (Å²) < 4.78 is 5.16. The molecule has 1 aliphatic heterocycles. The molecular formula is C16H21N3O3. The summed E-state index contributed by atoms with van der Waals surface area (Å²) in [6.45, 7) is 6.14. The van der Waals surface area contributed by atoms with E-state index >= 15 is 0 Å². The predicted octanol–water partition coefficient (Wildman–Crippen LogP) is 2.19. The predicted molar refractivity (Wildman–Crippen MR) is 83.8 cm³/mol. The van der Waals surface area contributed by atoms with Crippen LogP contribution in [-0.4, -0.2) is 30.1 Å². The lowest BCUT2D eigenvalue weighted by Gasteiger charge is -2.34. The van der Waals surface area contributed by atoms with Crippen molar-refractivity contribution in [3.05, 3.63) is 41.1 Å². The number of allylic oxidation sites excluding steroid dienone is 1. The van der Waals surface area contributed by atoms with E-state index in [0.717, 1.165) is 5.56 Å². The molecule has 0 saturated heterocycles. The molecular weight excluding hydrogens is 282 g/mol. The Hall–Kier alpha value is -2.50. The number of hydrogen-bond acceptors (Lipinski definition) is 4. The molecule has 1 unspecified atom stereocenters. The van der Waals surface area contributed by atoms with E-state index in [1.54, 1.807) is 38.1 Å². The lowest BCUT2D eigenvalue weighted by Crippen LogP contribution is -2.47. The molecule has 0 bridgehead atoms. The molecule has 3 N–H and O–H groups in total. The van der Waals surface area contributed by atoms with Crippen LogP contribution in [0.4, 0.5) is 10.5 Å². The monoisotopic (exact) mass is 303 g/mol. The first-order valence-electron chi connectivity index (χ1n) is 7.30. The van der Waals surface area contributed by atoms with Crippen molar-refractivity contribution < 1.29 is 14.3 Å². The molecule has 0 fully saturated rings. The molecule has 22 heavy (non-hydrogen) atoms. The van der Waals surface area contributed by atoms with Gasteiger partial charge in [0, 0.05) is 17.9 Å². The third-order valence-corrected chi connectivity index (χ3v) is 3.68. The summed E-state index contributed by atoms with van der Waals surface area (Å²) in [6.07, 6.45) is 0. The maximum absolute atomic E-state index is 12.3. The van der Waals surface area contributed by atoms with Crippen LogP contribution in [0.5, 0.6) is 0 Å². The number of amides is 2. The Bertz CT molecular complexity index is 608. The zero-order chi connectivity index (χ0) is 16.3. The van der Waals surface area contributed by atoms with Crippen molar-refractivity contribution in [1.29, 1.82) is 0 Å². The summed E-state index contributed by atoms with van der Waals surface area (Å²) in [6, 6.07) is 6.32. The van der Waals surface area contributed by atoms with Crippen LogP contribution >= 0.6 is 0 Å². The fourth-order valence-corrected chi connectivity index (χ4v) is 2.57. The van der Waals surface area contributed by atoms with E-state index in [1.807, 2.05) is 6.92 Å². The number of carbonyl (C=O) groups is 2. The molecule has 0 saturated carbocycles. The number of nitrogen functional groups attached to an aromatic ring is 1. The van der Waals surface area contributed by atoms with Crippen molar-refractivity contribution in [1.82, 2.24) is 10.2 Å². The van der Waals surface area contributed by atoms with Crippen molar-refractivity contribution in [3.63, 3.8) is 0 Å². The third kappa shape index (κ3) is 2.90. The van der Waals surface area contributed by atoms with Gasteiger partial charge in [0.25, 0.3) is 0 Å². The van der Waals surface area contributed by atoms with Crippen molar-refractivity contribution in [3.8, 4) is 0 Å². The highest BCUT2D eigenvalue weighted by Gasteiger charge is 2.35. The van der Waals surface area contributed by atoms with E-state index in [-0.39, 0.29) is 12.6 Å². The molecule has 2 rings (SSSR count). The first-order chi connectivity index (χ1) is 10.5. The normalized spacial score (nSPS) is 18.2. The number of anilines is 1. The highest BCUT2D eigenvalue weighted by Crippen LogP contribution is 2.31. The first-order valence-corrected chi connectivity index (χ1v) is 7.30. The van der Waals surface area contributed by atoms with Gasteiger partial charge < -0.3 is 15.8 Å². The number of hydrogen-bond donors (Lipinski definition) is 2. The Morgan fingerprint density at radius 3 is 2.50 bits per heavy atom. The summed E-state index contributed by atoms with van der Waals surface area (Å²) in [5.74, 6) is -0.416. The van der Waals surface area contributed by atoms with Gasteiger partial charge in [0.2, 0.25) is 0 Å². The topological polar surface area (TPSA) is 84.7 Å². The Morgan fingerprint density at radius 2 is 1.95 bits per heavy atom. The van der Waals surface area contributed by atoms with Crippen molar-refractivity contribution in [2.45, 2.75) is 26.8 Å². The molecule has 1 aliphatic rings. The van der Waals surface area contributed by atoms with Gasteiger partial charge in [-0.2, -0.15) is 0 Å². The fourth-order valence-electron chi connectivity index (χ4n) is 2.57. The molecule has 1 heterocycles. The van der Waals surface area contributed by atoms with Crippen molar-refractivity contribution in [2.75, 3.05) is 18.9 Å². The largest absolute Gasteiger partial charge is 0.463 e. The van der Waals surface area contributed by atoms with Crippen LogP contribution in [-0.2, 0) is 9.53 Å². The molecule has 0 aromatic heterocycles. The summed E-state index contributed by atoms with van der Waals surface area (Å²) in [7, 11) is 0. The van der Waals surface area contributed by atoms with Gasteiger partial charge in [-0.25, -0.2) is 9.59 Å². The quantitative estimate of drug-likeness (QED) is 0.659. The van der Waals surface area contributed by atoms with E-state index in [0.29, 0.717) is 23.5 Å². The van der Waals surface area contributed by atoms with Crippen LogP contribution in [0.15, 0.2) is 35.5 Å². The van der Waals surface area contributed by atoms with Gasteiger partial charge in [-0.3, -0.25) is 4.90 Å². The van der Waals surface area contributed by atoms with Gasteiger partial charge in [-0.1, -0.05) is 12.1 Å². The minimum atomic E-state index is -0.532. The number of nitrogens with two attached hydrogens (primary N) is 1. The zero-order valence-electron chi connectivity index (χ0n) is 13.1. The van der Waals surface area contributed by atoms with Crippen LogP contribution in [0.2, 0.25) is 0 Å². The summed E-state index contributed by atoms with van der Waals surface area (Å²) in [5, 5.41) is 2.86. The lowest BCUT2D eigenvalue weighted by atomic mass is 9.95. The summed E-state index contributed by atoms with van der Waals surface area (Å²) in [4.78, 5) is 26.1. The number of carbonyl (C=O) groups excluding carboxylic acids is 2. The Kier molecular flexibility index (Phi) is 4.70. The van der Waals surface area contributed by atoms with Gasteiger partial charge in [-0.15, -0.1) is 0 Å². The highest BCUT2D eigenvalue weighted by atomic mass is 16.5. The van der Waals surface area contributed by atoms with Gasteiger partial charge in [0.05, 0.1) is 18.2 Å². The number of benzene rings is 1. The molecule has 6 heteroatoms. The first kappa shape index (κ1) is 15.9. The lowest BCUT2D eigenvalue weighted by molar-refractivity contribution is -0.139. The van der Waals surface area contributed by atoms with E-state index in [4.69, 9.17) is 10.5 Å². The Morgan fingerprint density at radius 1 is 1.32 bits per heavy atom. The number of ether oxygens (including phenoxy) is 1. The maximum Gasteiger partial charge on any atom is 0.338 e. The van der Waals surface area contributed by atoms with E-state index < -0.39 is 12.0 Å². The van der Waals surface area contributed by atoms with Crippen LogP contribution in [0.3, 0.4) is 0 Å². The van der Waals surface area contributed by atoms with E-state index in [9.17, 15) is 9.59 Å². The van der Waals surface area contributed by atoms with E-state index in [2.05, 4.69) is 5.32 Å². The number of esters is 1. The molecule has 1 aromatic carbocycles. The smallest absolute Gasteiger partial charge is 0.338 e. The van der Waals surface area contributed by atoms with Gasteiger partial charge in [0.1, 0.15) is 0 Å². The van der Waals surface area contributed by atoms with Gasteiger partial charge in [-0.05, 0) is 38.5 Å².